The predicted molar refractivity (Wildman–Crippen MR) is 55.5 cm³/mol. The fourth-order valence-corrected chi connectivity index (χ4v) is 1.44. The largest absolute Gasteiger partial charge is 0.508 e. The first-order valence-electron chi connectivity index (χ1n) is 4.54. The summed E-state index contributed by atoms with van der Waals surface area (Å²) in [6.07, 6.45) is -0.395. The zero-order chi connectivity index (χ0) is 11.7. The number of carbonyl (C=O) groups is 1. The van der Waals surface area contributed by atoms with Crippen LogP contribution in [-0.2, 0) is 11.2 Å². The maximum atomic E-state index is 11.4. The summed E-state index contributed by atoms with van der Waals surface area (Å²) in [7, 11) is 0. The molecule has 0 bridgehead atoms. The average Bonchev–Trinajstić information content (AvgIpc) is 2.19. The molecule has 5 nitrogen and oxygen atoms in total. The quantitative estimate of drug-likeness (QED) is 0.740. The standard InChI is InChI=1S/C11H8O5/c12-8-1-2-9-6(4-8)3-7(5-10(13)14)11(15)16-9/h1-4,12H,5H2,(H,13,14). The van der Waals surface area contributed by atoms with Crippen molar-refractivity contribution in [1.82, 2.24) is 0 Å². The number of fused-ring (bicyclic) bond motifs is 1. The number of carboxylic acid groups (broad SMARTS) is 1. The van der Waals surface area contributed by atoms with Crippen molar-refractivity contribution in [1.29, 1.82) is 0 Å². The topological polar surface area (TPSA) is 87.7 Å². The van der Waals surface area contributed by atoms with Gasteiger partial charge in [-0.05, 0) is 24.3 Å². The van der Waals surface area contributed by atoms with E-state index in [9.17, 15) is 14.7 Å². The highest BCUT2D eigenvalue weighted by Crippen LogP contribution is 2.19. The van der Waals surface area contributed by atoms with Gasteiger partial charge in [0.05, 0.1) is 6.42 Å². The molecule has 0 fully saturated rings. The number of benzene rings is 1. The van der Waals surface area contributed by atoms with Gasteiger partial charge in [0.1, 0.15) is 11.3 Å². The van der Waals surface area contributed by atoms with Crippen LogP contribution in [0.25, 0.3) is 11.0 Å². The first-order valence-corrected chi connectivity index (χ1v) is 4.54. The van der Waals surface area contributed by atoms with Gasteiger partial charge in [0.2, 0.25) is 0 Å². The van der Waals surface area contributed by atoms with Crippen molar-refractivity contribution in [2.45, 2.75) is 6.42 Å². The maximum absolute atomic E-state index is 11.4. The summed E-state index contributed by atoms with van der Waals surface area (Å²) in [6, 6.07) is 5.66. The number of phenols is 1. The molecule has 2 aromatic rings. The smallest absolute Gasteiger partial charge is 0.340 e. The van der Waals surface area contributed by atoms with Crippen molar-refractivity contribution >= 4 is 16.9 Å². The van der Waals surface area contributed by atoms with E-state index >= 15 is 0 Å². The highest BCUT2D eigenvalue weighted by Gasteiger charge is 2.09. The third-order valence-electron chi connectivity index (χ3n) is 2.13. The zero-order valence-corrected chi connectivity index (χ0v) is 8.14. The molecule has 0 radical (unpaired) electrons. The highest BCUT2D eigenvalue weighted by molar-refractivity contribution is 5.80. The zero-order valence-electron chi connectivity index (χ0n) is 8.14. The average molecular weight is 220 g/mol. The number of hydrogen-bond donors (Lipinski definition) is 2. The molecule has 1 aromatic carbocycles. The molecular formula is C11H8O5. The molecule has 0 aliphatic rings. The van der Waals surface area contributed by atoms with E-state index in [-0.39, 0.29) is 11.3 Å². The minimum absolute atomic E-state index is 0.0302. The second-order valence-electron chi connectivity index (χ2n) is 3.35. The van der Waals surface area contributed by atoms with Gasteiger partial charge >= 0.3 is 11.6 Å². The van der Waals surface area contributed by atoms with E-state index in [0.717, 1.165) is 0 Å². The Kier molecular flexibility index (Phi) is 2.36. The Morgan fingerprint density at radius 2 is 2.06 bits per heavy atom. The van der Waals surface area contributed by atoms with Crippen molar-refractivity contribution in [3.63, 3.8) is 0 Å². The monoisotopic (exact) mass is 220 g/mol. The molecule has 2 rings (SSSR count). The molecule has 5 heteroatoms. The maximum Gasteiger partial charge on any atom is 0.340 e. The second kappa shape index (κ2) is 3.69. The van der Waals surface area contributed by atoms with Gasteiger partial charge < -0.3 is 14.6 Å². The van der Waals surface area contributed by atoms with Gasteiger partial charge in [-0.15, -0.1) is 0 Å². The fourth-order valence-electron chi connectivity index (χ4n) is 1.44. The lowest BCUT2D eigenvalue weighted by molar-refractivity contribution is -0.136. The van der Waals surface area contributed by atoms with Crippen LogP contribution in [0.15, 0.2) is 33.5 Å². The Balaban J connectivity index is 2.64. The van der Waals surface area contributed by atoms with Gasteiger partial charge in [0.15, 0.2) is 0 Å². The lowest BCUT2D eigenvalue weighted by atomic mass is 10.1. The summed E-state index contributed by atoms with van der Waals surface area (Å²) in [6.45, 7) is 0. The summed E-state index contributed by atoms with van der Waals surface area (Å²) < 4.78 is 4.92. The van der Waals surface area contributed by atoms with Gasteiger partial charge in [-0.2, -0.15) is 0 Å². The highest BCUT2D eigenvalue weighted by atomic mass is 16.4. The summed E-state index contributed by atoms with van der Waals surface area (Å²) in [5.74, 6) is -1.07. The molecule has 2 N–H and O–H groups in total. The summed E-state index contributed by atoms with van der Waals surface area (Å²) >= 11 is 0. The molecule has 0 aliphatic heterocycles. The van der Waals surface area contributed by atoms with Gasteiger partial charge in [-0.1, -0.05) is 0 Å². The molecule has 0 spiro atoms. The molecule has 1 heterocycles. The Bertz CT molecular complexity index is 611. The second-order valence-corrected chi connectivity index (χ2v) is 3.35. The molecule has 1 aromatic heterocycles. The van der Waals surface area contributed by atoms with Crippen LogP contribution in [0, 0.1) is 0 Å². The van der Waals surface area contributed by atoms with E-state index in [2.05, 4.69) is 0 Å². The first-order chi connectivity index (χ1) is 7.56. The van der Waals surface area contributed by atoms with Gasteiger partial charge in [0.25, 0.3) is 0 Å². The number of hydrogen-bond acceptors (Lipinski definition) is 4. The molecule has 0 aliphatic carbocycles. The van der Waals surface area contributed by atoms with Gasteiger partial charge in [-0.3, -0.25) is 4.79 Å². The van der Waals surface area contributed by atoms with Gasteiger partial charge in [-0.25, -0.2) is 4.79 Å². The van der Waals surface area contributed by atoms with Crippen LogP contribution in [0.1, 0.15) is 5.56 Å². The van der Waals surface area contributed by atoms with E-state index < -0.39 is 18.0 Å². The molecular weight excluding hydrogens is 212 g/mol. The SMILES string of the molecule is O=C(O)Cc1cc2cc(O)ccc2oc1=O. The number of aromatic hydroxyl groups is 1. The predicted octanol–water partition coefficient (Wildman–Crippen LogP) is 1.13. The van der Waals surface area contributed by atoms with Crippen LogP contribution >= 0.6 is 0 Å². The number of aliphatic carboxylic acids is 1. The van der Waals surface area contributed by atoms with Crippen molar-refractivity contribution in [3.05, 3.63) is 40.2 Å². The van der Waals surface area contributed by atoms with Crippen molar-refractivity contribution in [2.75, 3.05) is 0 Å². The van der Waals surface area contributed by atoms with Crippen LogP contribution in [0.4, 0.5) is 0 Å². The Labute approximate surface area is 89.6 Å². The van der Waals surface area contributed by atoms with Crippen molar-refractivity contribution in [3.8, 4) is 5.75 Å². The Morgan fingerprint density at radius 3 is 2.75 bits per heavy atom. The normalized spacial score (nSPS) is 10.5. The Hall–Kier alpha value is -2.30. The van der Waals surface area contributed by atoms with Crippen LogP contribution < -0.4 is 5.63 Å². The van der Waals surface area contributed by atoms with Crippen LogP contribution in [0.5, 0.6) is 5.75 Å². The van der Waals surface area contributed by atoms with E-state index in [1.165, 1.54) is 24.3 Å². The Morgan fingerprint density at radius 1 is 1.31 bits per heavy atom. The van der Waals surface area contributed by atoms with E-state index in [4.69, 9.17) is 9.52 Å². The third-order valence-corrected chi connectivity index (χ3v) is 2.13. The lowest BCUT2D eigenvalue weighted by Gasteiger charge is -2.00. The minimum Gasteiger partial charge on any atom is -0.508 e. The van der Waals surface area contributed by atoms with Crippen LogP contribution in [-0.4, -0.2) is 16.2 Å². The molecule has 0 saturated heterocycles. The fraction of sp³-hybridized carbons (Fsp3) is 0.0909. The van der Waals surface area contributed by atoms with Crippen molar-refractivity contribution in [2.24, 2.45) is 0 Å². The molecule has 16 heavy (non-hydrogen) atoms. The van der Waals surface area contributed by atoms with Gasteiger partial charge in [0, 0.05) is 10.9 Å². The van der Waals surface area contributed by atoms with Crippen LogP contribution in [0.2, 0.25) is 0 Å². The van der Waals surface area contributed by atoms with E-state index in [1.54, 1.807) is 0 Å². The van der Waals surface area contributed by atoms with E-state index in [1.807, 2.05) is 0 Å². The van der Waals surface area contributed by atoms with Crippen LogP contribution in [0.3, 0.4) is 0 Å². The van der Waals surface area contributed by atoms with Crippen molar-refractivity contribution < 1.29 is 19.4 Å². The lowest BCUT2D eigenvalue weighted by Crippen LogP contribution is -2.12. The summed E-state index contributed by atoms with van der Waals surface area (Å²) in [5, 5.41) is 18.3. The number of phenolic OH excluding ortho intramolecular Hbond substituents is 1. The molecule has 0 saturated carbocycles. The molecule has 0 atom stereocenters. The number of rotatable bonds is 2. The first kappa shape index (κ1) is 10.2. The summed E-state index contributed by atoms with van der Waals surface area (Å²) in [4.78, 5) is 21.9. The minimum atomic E-state index is -1.10. The molecule has 82 valence electrons. The molecule has 0 amide bonds. The summed E-state index contributed by atoms with van der Waals surface area (Å²) in [5.41, 5.74) is -0.289. The third kappa shape index (κ3) is 1.88. The molecule has 0 unspecified atom stereocenters. The number of carboxylic acids is 1. The van der Waals surface area contributed by atoms with E-state index in [0.29, 0.717) is 11.0 Å².